The summed E-state index contributed by atoms with van der Waals surface area (Å²) in [4.78, 5) is 15.2. The van der Waals surface area contributed by atoms with Crippen molar-refractivity contribution < 1.29 is 14.6 Å². The number of carbonyl (C=O) groups excluding carboxylic acids is 1. The number of rotatable bonds is 8. The van der Waals surface area contributed by atoms with Gasteiger partial charge < -0.3 is 15.2 Å². The molecule has 1 saturated heterocycles. The molecule has 2 aromatic rings. The number of nitrogens with zero attached hydrogens (tertiary/aromatic N) is 1. The van der Waals surface area contributed by atoms with Crippen LogP contribution in [0.3, 0.4) is 0 Å². The van der Waals surface area contributed by atoms with Crippen LogP contribution in [0, 0.1) is 6.92 Å². The van der Waals surface area contributed by atoms with Gasteiger partial charge in [-0.3, -0.25) is 9.69 Å². The Morgan fingerprint density at radius 1 is 1.25 bits per heavy atom. The van der Waals surface area contributed by atoms with Crippen molar-refractivity contribution in [1.29, 1.82) is 0 Å². The molecule has 2 unspecified atom stereocenters. The van der Waals surface area contributed by atoms with Crippen LogP contribution < -0.4 is 10.1 Å². The third-order valence-electron chi connectivity index (χ3n) is 7.45. The molecule has 2 N–H and O–H groups in total. The van der Waals surface area contributed by atoms with Crippen molar-refractivity contribution in [3.8, 4) is 5.75 Å². The number of benzene rings is 2. The van der Waals surface area contributed by atoms with Crippen molar-refractivity contribution in [3.63, 3.8) is 0 Å². The lowest BCUT2D eigenvalue weighted by Gasteiger charge is -2.58. The fraction of sp³-hybridized carbons (Fsp3) is 0.519. The monoisotopic (exact) mass is 438 g/mol. The number of amides is 1. The standard InChI is InChI=1S/C27H38N2O3/c1-6-14-27(31)21(3)29(19-22-10-8-7-9-11-22)16-15-26(27,18-25(30)28-4)24-17-23(32-5)13-12-20(24)2/h7-13,17,21,31H,6,14-16,18-19H2,1-5H3,(H,28,30)/t21?,26-,27?/m1/s1. The zero-order valence-electron chi connectivity index (χ0n) is 20.1. The molecule has 0 saturated carbocycles. The maximum absolute atomic E-state index is 12.8. The first-order valence-corrected chi connectivity index (χ1v) is 11.7. The van der Waals surface area contributed by atoms with Gasteiger partial charge in [-0.2, -0.15) is 0 Å². The predicted octanol–water partition coefficient (Wildman–Crippen LogP) is 4.20. The van der Waals surface area contributed by atoms with E-state index in [1.165, 1.54) is 5.56 Å². The zero-order valence-corrected chi connectivity index (χ0v) is 20.1. The SMILES string of the molecule is CCCC1(O)C(C)N(Cc2ccccc2)CC[C@@]1(CC(=O)NC)c1cc(OC)ccc1C. The van der Waals surface area contributed by atoms with Crippen LogP contribution in [0.1, 0.15) is 56.2 Å². The number of carbonyl (C=O) groups is 1. The Morgan fingerprint density at radius 3 is 2.59 bits per heavy atom. The highest BCUT2D eigenvalue weighted by atomic mass is 16.5. The molecule has 0 aromatic heterocycles. The van der Waals surface area contributed by atoms with Crippen LogP contribution in [0.25, 0.3) is 0 Å². The summed E-state index contributed by atoms with van der Waals surface area (Å²) >= 11 is 0. The maximum atomic E-state index is 12.8. The molecule has 0 aliphatic carbocycles. The van der Waals surface area contributed by atoms with Crippen LogP contribution in [0.4, 0.5) is 0 Å². The van der Waals surface area contributed by atoms with Crippen LogP contribution in [0.2, 0.25) is 0 Å². The lowest BCUT2D eigenvalue weighted by molar-refractivity contribution is -0.152. The van der Waals surface area contributed by atoms with E-state index < -0.39 is 11.0 Å². The molecule has 0 spiro atoms. The summed E-state index contributed by atoms with van der Waals surface area (Å²) in [5.74, 6) is 0.700. The molecular weight excluding hydrogens is 400 g/mol. The van der Waals surface area contributed by atoms with Crippen molar-refractivity contribution in [3.05, 3.63) is 65.2 Å². The third kappa shape index (κ3) is 4.41. The topological polar surface area (TPSA) is 61.8 Å². The Kier molecular flexibility index (Phi) is 7.63. The van der Waals surface area contributed by atoms with E-state index in [0.29, 0.717) is 12.8 Å². The number of aliphatic hydroxyl groups is 1. The van der Waals surface area contributed by atoms with Gasteiger partial charge in [0.2, 0.25) is 5.91 Å². The van der Waals surface area contributed by atoms with E-state index >= 15 is 0 Å². The van der Waals surface area contributed by atoms with Crippen molar-refractivity contribution in [2.45, 2.75) is 70.1 Å². The number of methoxy groups -OCH3 is 1. The molecule has 1 aliphatic rings. The molecule has 0 bridgehead atoms. The van der Waals surface area contributed by atoms with E-state index in [1.807, 2.05) is 24.3 Å². The molecule has 1 fully saturated rings. The lowest BCUT2D eigenvalue weighted by Crippen LogP contribution is -2.68. The zero-order chi connectivity index (χ0) is 23.4. The van der Waals surface area contributed by atoms with Gasteiger partial charge in [-0.15, -0.1) is 0 Å². The van der Waals surface area contributed by atoms with E-state index in [1.54, 1.807) is 14.2 Å². The fourth-order valence-electron chi connectivity index (χ4n) is 5.62. The highest BCUT2D eigenvalue weighted by Gasteiger charge is 2.58. The predicted molar refractivity (Wildman–Crippen MR) is 129 cm³/mol. The van der Waals surface area contributed by atoms with Gasteiger partial charge in [0.1, 0.15) is 5.75 Å². The van der Waals surface area contributed by atoms with Crippen molar-refractivity contribution in [2.24, 2.45) is 0 Å². The van der Waals surface area contributed by atoms with E-state index in [4.69, 9.17) is 4.74 Å². The van der Waals surface area contributed by atoms with Crippen LogP contribution in [0.5, 0.6) is 5.75 Å². The first-order chi connectivity index (χ1) is 15.3. The Hall–Kier alpha value is -2.37. The first kappa shape index (κ1) is 24.3. The molecule has 3 atom stereocenters. The maximum Gasteiger partial charge on any atom is 0.220 e. The smallest absolute Gasteiger partial charge is 0.220 e. The molecule has 1 amide bonds. The van der Waals surface area contributed by atoms with E-state index in [-0.39, 0.29) is 18.4 Å². The molecule has 1 heterocycles. The van der Waals surface area contributed by atoms with E-state index in [2.05, 4.69) is 55.3 Å². The summed E-state index contributed by atoms with van der Waals surface area (Å²) in [5.41, 5.74) is 1.55. The molecule has 1 aliphatic heterocycles. The van der Waals surface area contributed by atoms with Gasteiger partial charge in [-0.05, 0) is 62.1 Å². The summed E-state index contributed by atoms with van der Waals surface area (Å²) in [6.45, 7) is 7.86. The summed E-state index contributed by atoms with van der Waals surface area (Å²) < 4.78 is 5.54. The summed E-state index contributed by atoms with van der Waals surface area (Å²) in [6.07, 6.45) is 2.39. The fourth-order valence-corrected chi connectivity index (χ4v) is 5.62. The molecule has 3 rings (SSSR count). The normalized spacial score (nSPS) is 26.0. The van der Waals surface area contributed by atoms with Gasteiger partial charge in [0.15, 0.2) is 0 Å². The van der Waals surface area contributed by atoms with Gasteiger partial charge in [0.05, 0.1) is 12.7 Å². The molecule has 174 valence electrons. The molecule has 5 heteroatoms. The number of nitrogens with one attached hydrogen (secondary N) is 1. The highest BCUT2D eigenvalue weighted by Crippen LogP contribution is 2.52. The van der Waals surface area contributed by atoms with Crippen molar-refractivity contribution in [1.82, 2.24) is 10.2 Å². The minimum absolute atomic E-state index is 0.0505. The van der Waals surface area contributed by atoms with E-state index in [9.17, 15) is 9.90 Å². The van der Waals surface area contributed by atoms with Crippen LogP contribution in [-0.2, 0) is 16.8 Å². The molecule has 2 aromatic carbocycles. The van der Waals surface area contributed by atoms with Gasteiger partial charge >= 0.3 is 0 Å². The summed E-state index contributed by atoms with van der Waals surface area (Å²) in [5, 5.41) is 15.3. The number of ether oxygens (including phenoxy) is 1. The first-order valence-electron chi connectivity index (χ1n) is 11.7. The summed E-state index contributed by atoms with van der Waals surface area (Å²) in [7, 11) is 3.32. The number of aryl methyl sites for hydroxylation is 1. The third-order valence-corrected chi connectivity index (χ3v) is 7.45. The average molecular weight is 439 g/mol. The lowest BCUT2D eigenvalue weighted by atomic mass is 9.56. The Labute approximate surface area is 192 Å². The van der Waals surface area contributed by atoms with Crippen LogP contribution in [-0.4, -0.2) is 48.3 Å². The summed E-state index contributed by atoms with van der Waals surface area (Å²) in [6, 6.07) is 16.3. The number of hydrogen-bond donors (Lipinski definition) is 2. The van der Waals surface area contributed by atoms with Gasteiger partial charge in [0, 0.05) is 31.5 Å². The average Bonchev–Trinajstić information content (AvgIpc) is 2.80. The molecule has 0 radical (unpaired) electrons. The molecule has 32 heavy (non-hydrogen) atoms. The van der Waals surface area contributed by atoms with Crippen LogP contribution >= 0.6 is 0 Å². The minimum atomic E-state index is -1.07. The second-order valence-electron chi connectivity index (χ2n) is 9.17. The Morgan fingerprint density at radius 2 is 1.97 bits per heavy atom. The van der Waals surface area contributed by atoms with Crippen LogP contribution in [0.15, 0.2) is 48.5 Å². The quantitative estimate of drug-likeness (QED) is 0.648. The van der Waals surface area contributed by atoms with Crippen molar-refractivity contribution >= 4 is 5.91 Å². The second-order valence-corrected chi connectivity index (χ2v) is 9.17. The largest absolute Gasteiger partial charge is 0.497 e. The molecular formula is C27H38N2O3. The van der Waals surface area contributed by atoms with Gasteiger partial charge in [-0.25, -0.2) is 0 Å². The highest BCUT2D eigenvalue weighted by molar-refractivity contribution is 5.78. The van der Waals surface area contributed by atoms with Gasteiger partial charge in [-0.1, -0.05) is 49.7 Å². The second kappa shape index (κ2) is 10.1. The number of likely N-dealkylation sites (tertiary alicyclic amines) is 1. The Bertz CT molecular complexity index is 916. The van der Waals surface area contributed by atoms with Crippen molar-refractivity contribution in [2.75, 3.05) is 20.7 Å². The Balaban J connectivity index is 2.12. The minimum Gasteiger partial charge on any atom is -0.497 e. The number of piperidine rings is 1. The number of hydrogen-bond acceptors (Lipinski definition) is 4. The molecule has 5 nitrogen and oxygen atoms in total. The van der Waals surface area contributed by atoms with E-state index in [0.717, 1.165) is 36.4 Å². The van der Waals surface area contributed by atoms with Gasteiger partial charge in [0.25, 0.3) is 0 Å².